The second-order valence-electron chi connectivity index (χ2n) is 7.47. The van der Waals surface area contributed by atoms with E-state index in [0.717, 1.165) is 64.8 Å². The fraction of sp³-hybridized carbons (Fsp3) is 0.684. The quantitative estimate of drug-likeness (QED) is 0.777. The van der Waals surface area contributed by atoms with Crippen LogP contribution in [-0.2, 0) is 16.1 Å². The van der Waals surface area contributed by atoms with Crippen molar-refractivity contribution in [1.29, 1.82) is 0 Å². The van der Waals surface area contributed by atoms with Crippen LogP contribution in [0, 0.1) is 5.92 Å². The summed E-state index contributed by atoms with van der Waals surface area (Å²) in [4.78, 5) is 21.8. The monoisotopic (exact) mass is 361 g/mol. The maximum absolute atomic E-state index is 12.9. The Balaban J connectivity index is 1.33. The molecule has 0 N–H and O–H groups in total. The molecule has 2 aliphatic heterocycles. The molecule has 0 saturated carbocycles. The van der Waals surface area contributed by atoms with Crippen molar-refractivity contribution >= 4 is 17.2 Å². The van der Waals surface area contributed by atoms with Crippen LogP contribution in [0.25, 0.3) is 0 Å². The Morgan fingerprint density at radius 2 is 2.20 bits per heavy atom. The van der Waals surface area contributed by atoms with E-state index in [4.69, 9.17) is 4.74 Å². The van der Waals surface area contributed by atoms with Gasteiger partial charge in [-0.3, -0.25) is 9.69 Å². The van der Waals surface area contributed by atoms with Crippen molar-refractivity contribution in [2.24, 2.45) is 5.92 Å². The highest BCUT2D eigenvalue weighted by Gasteiger charge is 2.41. The second-order valence-corrected chi connectivity index (χ2v) is 8.45. The number of hydrogen-bond donors (Lipinski definition) is 0. The molecule has 3 aliphatic rings. The largest absolute Gasteiger partial charge is 0.371 e. The Kier molecular flexibility index (Phi) is 5.20. The van der Waals surface area contributed by atoms with Crippen molar-refractivity contribution in [3.8, 4) is 0 Å². The van der Waals surface area contributed by atoms with Crippen molar-refractivity contribution in [2.75, 3.05) is 32.8 Å². The lowest BCUT2D eigenvalue weighted by Gasteiger charge is -2.47. The summed E-state index contributed by atoms with van der Waals surface area (Å²) in [5, 5.41) is 3.22. The first kappa shape index (κ1) is 17.2. The highest BCUT2D eigenvalue weighted by Crippen LogP contribution is 2.32. The molecule has 1 spiro atoms. The van der Waals surface area contributed by atoms with Gasteiger partial charge in [0.1, 0.15) is 5.01 Å². The first-order valence-electron chi connectivity index (χ1n) is 9.43. The number of hydrogen-bond acceptors (Lipinski definition) is 5. The minimum atomic E-state index is -0.127. The van der Waals surface area contributed by atoms with Gasteiger partial charge >= 0.3 is 0 Å². The summed E-state index contributed by atoms with van der Waals surface area (Å²) in [6, 6.07) is 0. The maximum atomic E-state index is 12.9. The summed E-state index contributed by atoms with van der Waals surface area (Å²) in [7, 11) is 0. The Bertz CT molecular complexity index is 608. The summed E-state index contributed by atoms with van der Waals surface area (Å²) in [5.41, 5.74) is -0.127. The van der Waals surface area contributed by atoms with Crippen LogP contribution in [0.2, 0.25) is 0 Å². The molecule has 2 fully saturated rings. The molecule has 4 rings (SSSR count). The summed E-state index contributed by atoms with van der Waals surface area (Å²) in [5.74, 6) is 0.530. The number of aromatic nitrogens is 1. The number of carbonyl (C=O) groups is 1. The van der Waals surface area contributed by atoms with Crippen molar-refractivity contribution in [3.05, 3.63) is 28.7 Å². The Hall–Kier alpha value is -1.24. The zero-order chi connectivity index (χ0) is 17.1. The molecule has 5 nitrogen and oxygen atoms in total. The van der Waals surface area contributed by atoms with Crippen molar-refractivity contribution < 1.29 is 9.53 Å². The summed E-state index contributed by atoms with van der Waals surface area (Å²) in [6.45, 7) is 5.19. The number of likely N-dealkylation sites (tertiary alicyclic amines) is 1. The average Bonchev–Trinajstić information content (AvgIpc) is 3.17. The van der Waals surface area contributed by atoms with Crippen LogP contribution >= 0.6 is 11.3 Å². The van der Waals surface area contributed by atoms with E-state index in [2.05, 4.69) is 26.9 Å². The fourth-order valence-corrected chi connectivity index (χ4v) is 4.91. The number of ether oxygens (including phenoxy) is 1. The van der Waals surface area contributed by atoms with E-state index < -0.39 is 0 Å². The molecule has 25 heavy (non-hydrogen) atoms. The Morgan fingerprint density at radius 3 is 2.92 bits per heavy atom. The lowest BCUT2D eigenvalue weighted by atomic mass is 9.87. The van der Waals surface area contributed by atoms with E-state index in [1.54, 1.807) is 11.3 Å². The van der Waals surface area contributed by atoms with Crippen LogP contribution in [0.3, 0.4) is 0 Å². The summed E-state index contributed by atoms with van der Waals surface area (Å²) >= 11 is 1.72. The number of piperidine rings is 1. The zero-order valence-electron chi connectivity index (χ0n) is 14.7. The van der Waals surface area contributed by atoms with E-state index in [-0.39, 0.29) is 11.5 Å². The first-order chi connectivity index (χ1) is 12.2. The predicted octanol–water partition coefficient (Wildman–Crippen LogP) is 2.69. The van der Waals surface area contributed by atoms with Crippen LogP contribution in [-0.4, -0.2) is 59.1 Å². The number of carbonyl (C=O) groups excluding carboxylic acids is 1. The zero-order valence-corrected chi connectivity index (χ0v) is 15.5. The maximum Gasteiger partial charge on any atom is 0.226 e. The van der Waals surface area contributed by atoms with E-state index >= 15 is 0 Å². The Morgan fingerprint density at radius 1 is 1.32 bits per heavy atom. The average molecular weight is 362 g/mol. The number of rotatable bonds is 3. The molecule has 1 atom stereocenters. The highest BCUT2D eigenvalue weighted by molar-refractivity contribution is 7.09. The normalized spacial score (nSPS) is 26.9. The van der Waals surface area contributed by atoms with Crippen molar-refractivity contribution in [3.63, 3.8) is 0 Å². The minimum absolute atomic E-state index is 0.127. The molecule has 1 aromatic rings. The third kappa shape index (κ3) is 3.96. The van der Waals surface area contributed by atoms with Crippen LogP contribution in [0.15, 0.2) is 23.7 Å². The van der Waals surface area contributed by atoms with Gasteiger partial charge in [0, 0.05) is 43.7 Å². The molecule has 1 amide bonds. The molecule has 0 aromatic carbocycles. The van der Waals surface area contributed by atoms with Gasteiger partial charge in [-0.1, -0.05) is 12.2 Å². The number of allylic oxidation sites excluding steroid dienone is 2. The lowest BCUT2D eigenvalue weighted by Crippen LogP contribution is -2.58. The topological polar surface area (TPSA) is 45.7 Å². The van der Waals surface area contributed by atoms with Gasteiger partial charge in [-0.15, -0.1) is 11.3 Å². The van der Waals surface area contributed by atoms with Crippen LogP contribution in [0.5, 0.6) is 0 Å². The van der Waals surface area contributed by atoms with Crippen LogP contribution in [0.1, 0.15) is 37.1 Å². The smallest absolute Gasteiger partial charge is 0.226 e. The SMILES string of the molecule is O=C(C1CC=CCC1)N1CCOC2(CCN(Cc3nccs3)CC2)C1. The minimum Gasteiger partial charge on any atom is -0.371 e. The van der Waals surface area contributed by atoms with E-state index in [1.165, 1.54) is 5.01 Å². The number of nitrogens with zero attached hydrogens (tertiary/aromatic N) is 3. The molecule has 0 bridgehead atoms. The molecule has 6 heteroatoms. The molecule has 1 unspecified atom stereocenters. The van der Waals surface area contributed by atoms with Gasteiger partial charge in [-0.25, -0.2) is 4.98 Å². The van der Waals surface area contributed by atoms with Gasteiger partial charge in [0.15, 0.2) is 0 Å². The van der Waals surface area contributed by atoms with Crippen molar-refractivity contribution in [1.82, 2.24) is 14.8 Å². The van der Waals surface area contributed by atoms with Crippen LogP contribution < -0.4 is 0 Å². The number of thiazole rings is 1. The molecular formula is C19H27N3O2S. The van der Waals surface area contributed by atoms with Gasteiger partial charge in [0.25, 0.3) is 0 Å². The Labute approximate surface area is 153 Å². The highest BCUT2D eigenvalue weighted by atomic mass is 32.1. The molecule has 0 radical (unpaired) electrons. The standard InChI is InChI=1S/C19H27N3O2S/c23-18(16-4-2-1-3-5-16)22-11-12-24-19(15-22)6-9-21(10-7-19)14-17-20-8-13-25-17/h1-2,8,13,16H,3-7,9-12,14-15H2. The molecular weight excluding hydrogens is 334 g/mol. The second kappa shape index (κ2) is 7.56. The van der Waals surface area contributed by atoms with Gasteiger partial charge in [0.05, 0.1) is 18.8 Å². The molecule has 3 heterocycles. The molecule has 1 aliphatic carbocycles. The molecule has 2 saturated heterocycles. The molecule has 136 valence electrons. The van der Waals surface area contributed by atoms with Crippen molar-refractivity contribution in [2.45, 2.75) is 44.2 Å². The van der Waals surface area contributed by atoms with Crippen LogP contribution in [0.4, 0.5) is 0 Å². The number of amides is 1. The number of morpholine rings is 1. The lowest BCUT2D eigenvalue weighted by molar-refractivity contribution is -0.163. The van der Waals surface area contributed by atoms with Gasteiger partial charge < -0.3 is 9.64 Å². The third-order valence-electron chi connectivity index (χ3n) is 5.79. The van der Waals surface area contributed by atoms with Gasteiger partial charge in [0.2, 0.25) is 5.91 Å². The first-order valence-corrected chi connectivity index (χ1v) is 10.3. The molecule has 1 aromatic heterocycles. The van der Waals surface area contributed by atoms with E-state index in [0.29, 0.717) is 12.5 Å². The van der Waals surface area contributed by atoms with E-state index in [9.17, 15) is 4.79 Å². The summed E-state index contributed by atoms with van der Waals surface area (Å²) in [6.07, 6.45) is 11.2. The van der Waals surface area contributed by atoms with E-state index in [1.807, 2.05) is 11.6 Å². The van der Waals surface area contributed by atoms with Gasteiger partial charge in [-0.05, 0) is 32.1 Å². The third-order valence-corrected chi connectivity index (χ3v) is 6.55. The predicted molar refractivity (Wildman–Crippen MR) is 98.4 cm³/mol. The van der Waals surface area contributed by atoms with Gasteiger partial charge in [-0.2, -0.15) is 0 Å². The summed E-state index contributed by atoms with van der Waals surface area (Å²) < 4.78 is 6.21. The fourth-order valence-electron chi connectivity index (χ4n) is 4.25.